The molecule has 6 nitrogen and oxygen atoms in total. The molecule has 0 fully saturated rings. The van der Waals surface area contributed by atoms with Gasteiger partial charge in [-0.25, -0.2) is 0 Å². The summed E-state index contributed by atoms with van der Waals surface area (Å²) in [5, 5.41) is 10.3. The molecular weight excluding hydrogens is 395 g/mol. The number of thioether (sulfide) groups is 1. The number of nitrogens with one attached hydrogen (secondary N) is 1. The molecule has 0 spiro atoms. The van der Waals surface area contributed by atoms with Crippen LogP contribution in [0.3, 0.4) is 0 Å². The molecule has 3 rings (SSSR count). The van der Waals surface area contributed by atoms with Gasteiger partial charge in [-0.15, -0.1) is 23.4 Å². The highest BCUT2D eigenvalue weighted by molar-refractivity contribution is 7.99. The number of aromatic nitrogens is 2. The monoisotopic (exact) mass is 409 g/mol. The minimum Gasteiger partial charge on any atom is -0.411 e. The van der Waals surface area contributed by atoms with Crippen molar-refractivity contribution in [3.63, 3.8) is 0 Å². The summed E-state index contributed by atoms with van der Waals surface area (Å²) < 4.78 is 46.7. The van der Waals surface area contributed by atoms with Gasteiger partial charge in [0, 0.05) is 5.56 Å². The second kappa shape index (κ2) is 8.34. The lowest BCUT2D eigenvalue weighted by atomic mass is 10.1. The van der Waals surface area contributed by atoms with Gasteiger partial charge in [-0.1, -0.05) is 41.6 Å². The molecule has 10 heteroatoms. The van der Waals surface area contributed by atoms with E-state index in [1.54, 1.807) is 0 Å². The molecule has 0 unspecified atom stereocenters. The standard InChI is InChI=1S/C18H14F3N3O3S/c1-11-6-8-12(9-7-11)16-23-24-17(26-16)28-10-15(25)22-13-4-2-3-5-14(13)27-18(19,20)21/h2-9H,10H2,1H3,(H,22,25). The highest BCUT2D eigenvalue weighted by Crippen LogP contribution is 2.30. The molecule has 0 aliphatic heterocycles. The lowest BCUT2D eigenvalue weighted by Crippen LogP contribution is -2.20. The number of ether oxygens (including phenoxy) is 1. The van der Waals surface area contributed by atoms with E-state index in [0.29, 0.717) is 5.89 Å². The number of hydrogen-bond acceptors (Lipinski definition) is 6. The van der Waals surface area contributed by atoms with Crippen LogP contribution in [0, 0.1) is 6.92 Å². The summed E-state index contributed by atoms with van der Waals surface area (Å²) in [6.07, 6.45) is -4.86. The first-order valence-electron chi connectivity index (χ1n) is 7.98. The lowest BCUT2D eigenvalue weighted by Gasteiger charge is -2.13. The van der Waals surface area contributed by atoms with E-state index in [1.165, 1.54) is 18.2 Å². The zero-order valence-corrected chi connectivity index (χ0v) is 15.3. The van der Waals surface area contributed by atoms with Crippen LogP contribution in [0.15, 0.2) is 58.2 Å². The number of alkyl halides is 3. The average molecular weight is 409 g/mol. The quantitative estimate of drug-likeness (QED) is 0.596. The van der Waals surface area contributed by atoms with Crippen LogP contribution in [-0.4, -0.2) is 28.2 Å². The van der Waals surface area contributed by atoms with E-state index in [-0.39, 0.29) is 16.7 Å². The molecule has 1 N–H and O–H groups in total. The van der Waals surface area contributed by atoms with E-state index in [4.69, 9.17) is 4.42 Å². The van der Waals surface area contributed by atoms with E-state index >= 15 is 0 Å². The molecular formula is C18H14F3N3O3S. The smallest absolute Gasteiger partial charge is 0.411 e. The molecule has 0 saturated carbocycles. The predicted molar refractivity (Wildman–Crippen MR) is 96.9 cm³/mol. The van der Waals surface area contributed by atoms with Gasteiger partial charge < -0.3 is 14.5 Å². The highest BCUT2D eigenvalue weighted by atomic mass is 32.2. The second-order valence-electron chi connectivity index (χ2n) is 5.62. The maximum absolute atomic E-state index is 12.4. The molecule has 3 aromatic rings. The van der Waals surface area contributed by atoms with Gasteiger partial charge in [0.2, 0.25) is 11.8 Å². The molecule has 1 amide bonds. The molecule has 0 saturated heterocycles. The highest BCUT2D eigenvalue weighted by Gasteiger charge is 2.32. The summed E-state index contributed by atoms with van der Waals surface area (Å²) in [7, 11) is 0. The molecule has 0 radical (unpaired) electrons. The largest absolute Gasteiger partial charge is 0.573 e. The first kappa shape index (κ1) is 19.7. The number of rotatable bonds is 6. The van der Waals surface area contributed by atoms with Crippen LogP contribution in [0.5, 0.6) is 5.75 Å². The fourth-order valence-electron chi connectivity index (χ4n) is 2.18. The third kappa shape index (κ3) is 5.49. The predicted octanol–water partition coefficient (Wildman–Crippen LogP) is 4.67. The zero-order chi connectivity index (χ0) is 20.1. The molecule has 0 aliphatic carbocycles. The van der Waals surface area contributed by atoms with Gasteiger partial charge in [-0.05, 0) is 31.2 Å². The lowest BCUT2D eigenvalue weighted by molar-refractivity contribution is -0.274. The Bertz CT molecular complexity index is 958. The average Bonchev–Trinajstić information content (AvgIpc) is 3.10. The van der Waals surface area contributed by atoms with Crippen molar-refractivity contribution in [1.82, 2.24) is 10.2 Å². The van der Waals surface area contributed by atoms with Crippen molar-refractivity contribution in [2.75, 3.05) is 11.1 Å². The Morgan fingerprint density at radius 1 is 1.14 bits per heavy atom. The van der Waals surface area contributed by atoms with E-state index in [9.17, 15) is 18.0 Å². The molecule has 0 aliphatic rings. The molecule has 0 atom stereocenters. The number of hydrogen-bond donors (Lipinski definition) is 1. The van der Waals surface area contributed by atoms with Crippen LogP contribution in [-0.2, 0) is 4.79 Å². The van der Waals surface area contributed by atoms with Gasteiger partial charge in [0.1, 0.15) is 0 Å². The van der Waals surface area contributed by atoms with Crippen LogP contribution >= 0.6 is 11.8 Å². The SMILES string of the molecule is Cc1ccc(-c2nnc(SCC(=O)Nc3ccccc3OC(F)(F)F)o2)cc1. The molecule has 146 valence electrons. The fraction of sp³-hybridized carbons (Fsp3) is 0.167. The fourth-order valence-corrected chi connectivity index (χ4v) is 2.74. The first-order valence-corrected chi connectivity index (χ1v) is 8.97. The third-order valence-electron chi connectivity index (χ3n) is 3.42. The second-order valence-corrected chi connectivity index (χ2v) is 6.55. The number of para-hydroxylation sites is 2. The van der Waals surface area contributed by atoms with Crippen molar-refractivity contribution in [3.8, 4) is 17.2 Å². The van der Waals surface area contributed by atoms with Crippen LogP contribution in [0.1, 0.15) is 5.56 Å². The Labute approximate surface area is 162 Å². The van der Waals surface area contributed by atoms with Crippen molar-refractivity contribution in [3.05, 3.63) is 54.1 Å². The number of anilines is 1. The number of aryl methyl sites for hydroxylation is 1. The Morgan fingerprint density at radius 3 is 2.57 bits per heavy atom. The van der Waals surface area contributed by atoms with Crippen LogP contribution < -0.4 is 10.1 Å². The van der Waals surface area contributed by atoms with Crippen LogP contribution in [0.2, 0.25) is 0 Å². The van der Waals surface area contributed by atoms with Crippen molar-refractivity contribution in [1.29, 1.82) is 0 Å². The minimum absolute atomic E-state index is 0.0868. The molecule has 1 heterocycles. The number of halogens is 3. The Hall–Kier alpha value is -3.01. The number of benzene rings is 2. The first-order chi connectivity index (χ1) is 13.3. The van der Waals surface area contributed by atoms with Gasteiger partial charge in [0.15, 0.2) is 5.75 Å². The molecule has 0 bridgehead atoms. The summed E-state index contributed by atoms with van der Waals surface area (Å²) in [5.41, 5.74) is 1.74. The summed E-state index contributed by atoms with van der Waals surface area (Å²) in [6.45, 7) is 1.95. The Morgan fingerprint density at radius 2 is 1.86 bits per heavy atom. The minimum atomic E-state index is -4.86. The number of carbonyl (C=O) groups is 1. The van der Waals surface area contributed by atoms with Gasteiger partial charge in [-0.2, -0.15) is 0 Å². The van der Waals surface area contributed by atoms with Crippen LogP contribution in [0.4, 0.5) is 18.9 Å². The number of amides is 1. The van der Waals surface area contributed by atoms with E-state index in [0.717, 1.165) is 29.0 Å². The third-order valence-corrected chi connectivity index (χ3v) is 4.24. The summed E-state index contributed by atoms with van der Waals surface area (Å²) >= 11 is 0.970. The Balaban J connectivity index is 1.59. The molecule has 1 aromatic heterocycles. The van der Waals surface area contributed by atoms with Crippen LogP contribution in [0.25, 0.3) is 11.5 Å². The molecule has 2 aromatic carbocycles. The van der Waals surface area contributed by atoms with Crippen molar-refractivity contribution in [2.24, 2.45) is 0 Å². The van der Waals surface area contributed by atoms with Gasteiger partial charge in [0.25, 0.3) is 5.22 Å². The topological polar surface area (TPSA) is 77.2 Å². The van der Waals surface area contributed by atoms with E-state index in [1.807, 2.05) is 31.2 Å². The van der Waals surface area contributed by atoms with Crippen molar-refractivity contribution >= 4 is 23.4 Å². The maximum atomic E-state index is 12.4. The molecule has 28 heavy (non-hydrogen) atoms. The number of nitrogens with zero attached hydrogens (tertiary/aromatic N) is 2. The van der Waals surface area contributed by atoms with Crippen molar-refractivity contribution in [2.45, 2.75) is 18.5 Å². The Kier molecular flexibility index (Phi) is 5.88. The summed E-state index contributed by atoms with van der Waals surface area (Å²) in [6, 6.07) is 12.8. The normalized spacial score (nSPS) is 11.3. The van der Waals surface area contributed by atoms with Gasteiger partial charge in [0.05, 0.1) is 11.4 Å². The van der Waals surface area contributed by atoms with E-state index < -0.39 is 18.0 Å². The van der Waals surface area contributed by atoms with Gasteiger partial charge >= 0.3 is 6.36 Å². The zero-order valence-electron chi connectivity index (χ0n) is 14.5. The van der Waals surface area contributed by atoms with Gasteiger partial charge in [-0.3, -0.25) is 4.79 Å². The summed E-state index contributed by atoms with van der Waals surface area (Å²) in [5.74, 6) is -0.853. The maximum Gasteiger partial charge on any atom is 0.573 e. The summed E-state index contributed by atoms with van der Waals surface area (Å²) in [4.78, 5) is 12.1. The van der Waals surface area contributed by atoms with Crippen molar-refractivity contribution < 1.29 is 27.1 Å². The number of carbonyl (C=O) groups excluding carboxylic acids is 1. The van der Waals surface area contributed by atoms with E-state index in [2.05, 4.69) is 20.3 Å².